The van der Waals surface area contributed by atoms with Crippen LogP contribution in [0, 0.1) is 5.82 Å². The van der Waals surface area contributed by atoms with Gasteiger partial charge in [-0.1, -0.05) is 0 Å². The third kappa shape index (κ3) is 2.25. The molecule has 2 rings (SSSR count). The average Bonchev–Trinajstić information content (AvgIpc) is 2.31. The summed E-state index contributed by atoms with van der Waals surface area (Å²) in [5, 5.41) is 22.1. The van der Waals surface area contributed by atoms with E-state index in [1.807, 2.05) is 4.90 Å². The Morgan fingerprint density at radius 2 is 1.94 bits per heavy atom. The molecule has 1 saturated heterocycles. The Labute approximate surface area is 93.3 Å². The van der Waals surface area contributed by atoms with Gasteiger partial charge in [0.1, 0.15) is 5.82 Å². The van der Waals surface area contributed by atoms with Gasteiger partial charge in [-0.2, -0.15) is 0 Å². The van der Waals surface area contributed by atoms with Crippen LogP contribution in [-0.2, 0) is 6.54 Å². The van der Waals surface area contributed by atoms with Crippen LogP contribution in [0.2, 0.25) is 0 Å². The maximum Gasteiger partial charge on any atom is 0.164 e. The van der Waals surface area contributed by atoms with Crippen molar-refractivity contribution in [1.82, 2.24) is 10.2 Å². The highest BCUT2D eigenvalue weighted by molar-refractivity contribution is 5.45. The van der Waals surface area contributed by atoms with E-state index >= 15 is 0 Å². The lowest BCUT2D eigenvalue weighted by molar-refractivity contribution is 0.226. The number of piperazine rings is 1. The average molecular weight is 226 g/mol. The molecule has 0 unspecified atom stereocenters. The van der Waals surface area contributed by atoms with Crippen LogP contribution < -0.4 is 5.32 Å². The molecule has 5 heteroatoms. The first kappa shape index (κ1) is 11.2. The molecule has 1 fully saturated rings. The van der Waals surface area contributed by atoms with Crippen molar-refractivity contribution in [2.24, 2.45) is 0 Å². The molecule has 0 aromatic heterocycles. The summed E-state index contributed by atoms with van der Waals surface area (Å²) in [7, 11) is 0. The first-order valence-corrected chi connectivity index (χ1v) is 5.31. The lowest BCUT2D eigenvalue weighted by Gasteiger charge is -2.27. The molecule has 0 aliphatic carbocycles. The zero-order valence-electron chi connectivity index (χ0n) is 8.91. The maximum atomic E-state index is 13.5. The normalized spacial score (nSPS) is 17.6. The van der Waals surface area contributed by atoms with Crippen molar-refractivity contribution in [2.45, 2.75) is 6.54 Å². The lowest BCUT2D eigenvalue weighted by atomic mass is 10.1. The molecule has 1 aliphatic heterocycles. The second-order valence-corrected chi connectivity index (χ2v) is 3.92. The van der Waals surface area contributed by atoms with Gasteiger partial charge in [0.25, 0.3) is 0 Å². The fraction of sp³-hybridized carbons (Fsp3) is 0.455. The van der Waals surface area contributed by atoms with Crippen molar-refractivity contribution in [3.05, 3.63) is 23.5 Å². The van der Waals surface area contributed by atoms with Gasteiger partial charge in [-0.25, -0.2) is 4.39 Å². The van der Waals surface area contributed by atoms with E-state index in [2.05, 4.69) is 5.32 Å². The van der Waals surface area contributed by atoms with E-state index in [9.17, 15) is 14.6 Å². The summed E-state index contributed by atoms with van der Waals surface area (Å²) in [5.74, 6) is -1.10. The fourth-order valence-corrected chi connectivity index (χ4v) is 1.84. The standard InChI is InChI=1S/C11H15FN2O2/c12-9-1-2-10(15)11(16)8(9)7-14-5-3-13-4-6-14/h1-2,13,15-16H,3-7H2. The smallest absolute Gasteiger partial charge is 0.164 e. The van der Waals surface area contributed by atoms with Crippen molar-refractivity contribution in [1.29, 1.82) is 0 Å². The van der Waals surface area contributed by atoms with Crippen LogP contribution in [-0.4, -0.2) is 41.3 Å². The Balaban J connectivity index is 2.16. The molecule has 1 heterocycles. The summed E-state index contributed by atoms with van der Waals surface area (Å²) in [6.45, 7) is 3.68. The highest BCUT2D eigenvalue weighted by Crippen LogP contribution is 2.31. The number of aromatic hydroxyl groups is 2. The molecule has 0 spiro atoms. The predicted molar refractivity (Wildman–Crippen MR) is 57.9 cm³/mol. The van der Waals surface area contributed by atoms with Crippen LogP contribution in [0.3, 0.4) is 0 Å². The van der Waals surface area contributed by atoms with Gasteiger partial charge in [-0.05, 0) is 12.1 Å². The molecular formula is C11H15FN2O2. The Morgan fingerprint density at radius 1 is 1.25 bits per heavy atom. The summed E-state index contributed by atoms with van der Waals surface area (Å²) >= 11 is 0. The van der Waals surface area contributed by atoms with Crippen molar-refractivity contribution in [3.8, 4) is 11.5 Å². The second-order valence-electron chi connectivity index (χ2n) is 3.92. The highest BCUT2D eigenvalue weighted by Gasteiger charge is 2.17. The number of nitrogens with one attached hydrogen (secondary N) is 1. The molecule has 0 radical (unpaired) electrons. The Kier molecular flexibility index (Phi) is 3.26. The Hall–Kier alpha value is -1.33. The third-order valence-corrected chi connectivity index (χ3v) is 2.80. The van der Waals surface area contributed by atoms with Gasteiger partial charge in [0, 0.05) is 38.3 Å². The maximum absolute atomic E-state index is 13.5. The van der Waals surface area contributed by atoms with Crippen molar-refractivity contribution < 1.29 is 14.6 Å². The fourth-order valence-electron chi connectivity index (χ4n) is 1.84. The molecule has 1 aromatic rings. The van der Waals surface area contributed by atoms with Crippen LogP contribution in [0.25, 0.3) is 0 Å². The van der Waals surface area contributed by atoms with E-state index in [-0.39, 0.29) is 17.1 Å². The van der Waals surface area contributed by atoms with Gasteiger partial charge < -0.3 is 15.5 Å². The summed E-state index contributed by atoms with van der Waals surface area (Å²) in [5.41, 5.74) is 0.168. The number of hydrogen-bond donors (Lipinski definition) is 3. The van der Waals surface area contributed by atoms with Gasteiger partial charge in [0.05, 0.1) is 0 Å². The van der Waals surface area contributed by atoms with E-state index < -0.39 is 5.82 Å². The Bertz CT molecular complexity index is 378. The van der Waals surface area contributed by atoms with E-state index in [0.29, 0.717) is 6.54 Å². The largest absolute Gasteiger partial charge is 0.504 e. The molecule has 0 amide bonds. The molecule has 16 heavy (non-hydrogen) atoms. The monoisotopic (exact) mass is 226 g/mol. The number of rotatable bonds is 2. The first-order chi connectivity index (χ1) is 7.68. The molecule has 4 nitrogen and oxygen atoms in total. The van der Waals surface area contributed by atoms with E-state index in [4.69, 9.17) is 0 Å². The Morgan fingerprint density at radius 3 is 2.62 bits per heavy atom. The number of phenolic OH excluding ortho intramolecular Hbond substituents is 2. The quantitative estimate of drug-likeness (QED) is 0.648. The molecule has 0 atom stereocenters. The van der Waals surface area contributed by atoms with Crippen LogP contribution in [0.1, 0.15) is 5.56 Å². The zero-order valence-corrected chi connectivity index (χ0v) is 8.91. The summed E-state index contributed by atoms with van der Waals surface area (Å²) in [4.78, 5) is 2.04. The van der Waals surface area contributed by atoms with Gasteiger partial charge in [-0.15, -0.1) is 0 Å². The molecule has 0 saturated carbocycles. The van der Waals surface area contributed by atoms with Gasteiger partial charge in [0.15, 0.2) is 11.5 Å². The van der Waals surface area contributed by atoms with Crippen LogP contribution in [0.4, 0.5) is 4.39 Å². The predicted octanol–water partition coefficient (Wildman–Crippen LogP) is 0.642. The van der Waals surface area contributed by atoms with Gasteiger partial charge in [0.2, 0.25) is 0 Å². The number of benzene rings is 1. The number of nitrogens with zero attached hydrogens (tertiary/aromatic N) is 1. The second kappa shape index (κ2) is 4.67. The van der Waals surface area contributed by atoms with Crippen molar-refractivity contribution in [2.75, 3.05) is 26.2 Å². The van der Waals surface area contributed by atoms with Crippen LogP contribution in [0.5, 0.6) is 11.5 Å². The van der Waals surface area contributed by atoms with Crippen LogP contribution in [0.15, 0.2) is 12.1 Å². The van der Waals surface area contributed by atoms with Gasteiger partial charge >= 0.3 is 0 Å². The van der Waals surface area contributed by atoms with E-state index in [1.165, 1.54) is 6.07 Å². The number of phenols is 2. The minimum atomic E-state index is -0.478. The lowest BCUT2D eigenvalue weighted by Crippen LogP contribution is -2.43. The van der Waals surface area contributed by atoms with Crippen molar-refractivity contribution in [3.63, 3.8) is 0 Å². The first-order valence-electron chi connectivity index (χ1n) is 5.31. The molecule has 1 aliphatic rings. The minimum Gasteiger partial charge on any atom is -0.504 e. The minimum absolute atomic E-state index is 0.168. The number of halogens is 1. The van der Waals surface area contributed by atoms with Crippen LogP contribution >= 0.6 is 0 Å². The van der Waals surface area contributed by atoms with E-state index in [0.717, 1.165) is 32.2 Å². The summed E-state index contributed by atoms with van der Waals surface area (Å²) in [6, 6.07) is 2.33. The third-order valence-electron chi connectivity index (χ3n) is 2.80. The molecule has 3 N–H and O–H groups in total. The zero-order chi connectivity index (χ0) is 11.5. The summed E-state index contributed by atoms with van der Waals surface area (Å²) in [6.07, 6.45) is 0. The number of hydrogen-bond acceptors (Lipinski definition) is 4. The molecule has 88 valence electrons. The SMILES string of the molecule is Oc1ccc(F)c(CN2CCNCC2)c1O. The van der Waals surface area contributed by atoms with Crippen molar-refractivity contribution >= 4 is 0 Å². The molecule has 1 aromatic carbocycles. The van der Waals surface area contributed by atoms with Gasteiger partial charge in [-0.3, -0.25) is 4.90 Å². The highest BCUT2D eigenvalue weighted by atomic mass is 19.1. The summed E-state index contributed by atoms with van der Waals surface area (Å²) < 4.78 is 13.5. The topological polar surface area (TPSA) is 55.7 Å². The molecular weight excluding hydrogens is 211 g/mol. The molecule has 0 bridgehead atoms. The van der Waals surface area contributed by atoms with E-state index in [1.54, 1.807) is 0 Å².